The van der Waals surface area contributed by atoms with Gasteiger partial charge in [-0.05, 0) is 19.4 Å². The van der Waals surface area contributed by atoms with Gasteiger partial charge in [-0.3, -0.25) is 10.1 Å². The van der Waals surface area contributed by atoms with Gasteiger partial charge >= 0.3 is 5.69 Å². The highest BCUT2D eigenvalue weighted by molar-refractivity contribution is 5.55. The Hall–Kier alpha value is -1.82. The van der Waals surface area contributed by atoms with Crippen molar-refractivity contribution in [1.29, 1.82) is 0 Å². The second-order valence-corrected chi connectivity index (χ2v) is 3.59. The van der Waals surface area contributed by atoms with Gasteiger partial charge in [0.25, 0.3) is 0 Å². The van der Waals surface area contributed by atoms with E-state index in [2.05, 4.69) is 0 Å². The molecule has 88 valence electrons. The molecule has 0 spiro atoms. The van der Waals surface area contributed by atoms with Gasteiger partial charge in [0.05, 0.1) is 18.1 Å². The van der Waals surface area contributed by atoms with Gasteiger partial charge in [-0.25, -0.2) is 0 Å². The highest BCUT2D eigenvalue weighted by Gasteiger charge is 2.19. The Kier molecular flexibility index (Phi) is 3.68. The van der Waals surface area contributed by atoms with Crippen LogP contribution in [0.3, 0.4) is 0 Å². The van der Waals surface area contributed by atoms with E-state index in [1.807, 2.05) is 0 Å². The zero-order valence-electron chi connectivity index (χ0n) is 9.14. The van der Waals surface area contributed by atoms with Crippen LogP contribution < -0.4 is 10.5 Å². The van der Waals surface area contributed by atoms with E-state index in [4.69, 9.17) is 10.5 Å². The van der Waals surface area contributed by atoms with Crippen molar-refractivity contribution in [2.45, 2.75) is 19.4 Å². The van der Waals surface area contributed by atoms with Crippen molar-refractivity contribution < 1.29 is 14.8 Å². The predicted octanol–water partition coefficient (Wildman–Crippen LogP) is 1.20. The smallest absolute Gasteiger partial charge is 0.314 e. The van der Waals surface area contributed by atoms with Crippen LogP contribution in [-0.4, -0.2) is 23.2 Å². The molecule has 1 aromatic carbocycles. The molecular formula is C10H14N2O4. The summed E-state index contributed by atoms with van der Waals surface area (Å²) in [6.07, 6.45) is 0.351. The van der Waals surface area contributed by atoms with Crippen molar-refractivity contribution in [2.24, 2.45) is 5.73 Å². The molecule has 1 unspecified atom stereocenters. The van der Waals surface area contributed by atoms with Crippen molar-refractivity contribution in [3.05, 3.63) is 27.8 Å². The number of rotatable bonds is 4. The molecule has 1 atom stereocenters. The minimum absolute atomic E-state index is 0.197. The van der Waals surface area contributed by atoms with Crippen molar-refractivity contribution in [3.8, 4) is 11.5 Å². The average Bonchev–Trinajstić information content (AvgIpc) is 2.19. The third kappa shape index (κ3) is 2.60. The topological polar surface area (TPSA) is 98.6 Å². The SMILES string of the molecule is COc1cc(CC(C)N)c(O)c([N+](=O)[O-])c1. The molecule has 0 aliphatic heterocycles. The molecule has 6 nitrogen and oxygen atoms in total. The normalized spacial score (nSPS) is 12.2. The molecule has 0 heterocycles. The molecule has 16 heavy (non-hydrogen) atoms. The maximum absolute atomic E-state index is 10.7. The lowest BCUT2D eigenvalue weighted by molar-refractivity contribution is -0.386. The molecule has 0 fully saturated rings. The third-order valence-electron chi connectivity index (χ3n) is 2.12. The summed E-state index contributed by atoms with van der Waals surface area (Å²) >= 11 is 0. The van der Waals surface area contributed by atoms with E-state index in [0.717, 1.165) is 0 Å². The van der Waals surface area contributed by atoms with Crippen molar-refractivity contribution in [2.75, 3.05) is 7.11 Å². The van der Waals surface area contributed by atoms with E-state index in [9.17, 15) is 15.2 Å². The Bertz CT molecular complexity index is 404. The average molecular weight is 226 g/mol. The van der Waals surface area contributed by atoms with Gasteiger partial charge in [0, 0.05) is 11.6 Å². The van der Waals surface area contributed by atoms with E-state index < -0.39 is 4.92 Å². The molecular weight excluding hydrogens is 212 g/mol. The van der Waals surface area contributed by atoms with Crippen molar-refractivity contribution in [3.63, 3.8) is 0 Å². The van der Waals surface area contributed by atoms with Crippen LogP contribution in [0.15, 0.2) is 12.1 Å². The first-order valence-corrected chi connectivity index (χ1v) is 4.75. The van der Waals surface area contributed by atoms with E-state index in [1.165, 1.54) is 13.2 Å². The van der Waals surface area contributed by atoms with Crippen LogP contribution >= 0.6 is 0 Å². The van der Waals surface area contributed by atoms with Crippen LogP contribution in [0.25, 0.3) is 0 Å². The first-order chi connectivity index (χ1) is 7.45. The number of ether oxygens (including phenoxy) is 1. The van der Waals surface area contributed by atoms with Gasteiger partial charge in [0.15, 0.2) is 5.75 Å². The van der Waals surface area contributed by atoms with E-state index in [0.29, 0.717) is 17.7 Å². The number of hydrogen-bond acceptors (Lipinski definition) is 5. The largest absolute Gasteiger partial charge is 0.502 e. The van der Waals surface area contributed by atoms with Crippen LogP contribution in [0.1, 0.15) is 12.5 Å². The fraction of sp³-hybridized carbons (Fsp3) is 0.400. The van der Waals surface area contributed by atoms with Crippen LogP contribution in [0.2, 0.25) is 0 Å². The Morgan fingerprint density at radius 1 is 1.62 bits per heavy atom. The van der Waals surface area contributed by atoms with Gasteiger partial charge in [0.2, 0.25) is 0 Å². The van der Waals surface area contributed by atoms with E-state index >= 15 is 0 Å². The van der Waals surface area contributed by atoms with E-state index in [1.54, 1.807) is 13.0 Å². The van der Waals surface area contributed by atoms with Crippen LogP contribution in [-0.2, 0) is 6.42 Å². The minimum atomic E-state index is -0.650. The molecule has 1 rings (SSSR count). The molecule has 0 saturated heterocycles. The summed E-state index contributed by atoms with van der Waals surface area (Å²) in [5, 5.41) is 20.4. The summed E-state index contributed by atoms with van der Waals surface area (Å²) in [5.74, 6) is -0.0109. The molecule has 0 saturated carbocycles. The van der Waals surface area contributed by atoms with Crippen molar-refractivity contribution in [1.82, 2.24) is 0 Å². The summed E-state index contributed by atoms with van der Waals surface area (Å²) in [7, 11) is 1.41. The highest BCUT2D eigenvalue weighted by atomic mass is 16.6. The number of aromatic hydroxyl groups is 1. The maximum Gasteiger partial charge on any atom is 0.314 e. The number of hydrogen-bond donors (Lipinski definition) is 2. The lowest BCUT2D eigenvalue weighted by Gasteiger charge is -2.09. The number of nitro benzene ring substituents is 1. The number of nitro groups is 1. The molecule has 1 aromatic rings. The predicted molar refractivity (Wildman–Crippen MR) is 58.7 cm³/mol. The Morgan fingerprint density at radius 3 is 2.69 bits per heavy atom. The molecule has 3 N–H and O–H groups in total. The monoisotopic (exact) mass is 226 g/mol. The maximum atomic E-state index is 10.7. The van der Waals surface area contributed by atoms with Gasteiger partial charge in [-0.15, -0.1) is 0 Å². The molecule has 0 bridgehead atoms. The molecule has 0 aromatic heterocycles. The fourth-order valence-electron chi connectivity index (χ4n) is 1.41. The third-order valence-corrected chi connectivity index (χ3v) is 2.12. The molecule has 0 radical (unpaired) electrons. The van der Waals surface area contributed by atoms with Crippen molar-refractivity contribution >= 4 is 5.69 Å². The van der Waals surface area contributed by atoms with E-state index in [-0.39, 0.29) is 17.5 Å². The van der Waals surface area contributed by atoms with Crippen LogP contribution in [0.4, 0.5) is 5.69 Å². The lowest BCUT2D eigenvalue weighted by Crippen LogP contribution is -2.18. The van der Waals surface area contributed by atoms with Gasteiger partial charge in [-0.1, -0.05) is 0 Å². The first kappa shape index (κ1) is 12.3. The summed E-state index contributed by atoms with van der Waals surface area (Å²) < 4.78 is 4.93. The second kappa shape index (κ2) is 4.80. The summed E-state index contributed by atoms with van der Waals surface area (Å²) in [5.41, 5.74) is 5.64. The zero-order chi connectivity index (χ0) is 12.3. The standard InChI is InChI=1S/C10H14N2O4/c1-6(11)3-7-4-8(16-2)5-9(10(7)13)12(14)15/h4-6,13H,3,11H2,1-2H3. The summed E-state index contributed by atoms with van der Waals surface area (Å²) in [6.45, 7) is 1.75. The highest BCUT2D eigenvalue weighted by Crippen LogP contribution is 2.34. The molecule has 0 aliphatic carbocycles. The molecule has 0 amide bonds. The second-order valence-electron chi connectivity index (χ2n) is 3.59. The Balaban J connectivity index is 3.25. The number of nitrogens with zero attached hydrogens (tertiary/aromatic N) is 1. The summed E-state index contributed by atoms with van der Waals surface area (Å²) in [6, 6.07) is 2.53. The number of phenolic OH excluding ortho intramolecular Hbond substituents is 1. The molecule has 0 aliphatic rings. The number of phenols is 1. The Morgan fingerprint density at radius 2 is 2.25 bits per heavy atom. The molecule has 6 heteroatoms. The van der Waals surface area contributed by atoms with Gasteiger partial charge in [0.1, 0.15) is 5.75 Å². The number of nitrogens with two attached hydrogens (primary N) is 1. The quantitative estimate of drug-likeness (QED) is 0.593. The summed E-state index contributed by atoms with van der Waals surface area (Å²) in [4.78, 5) is 10.0. The van der Waals surface area contributed by atoms with Crippen LogP contribution in [0, 0.1) is 10.1 Å². The van der Waals surface area contributed by atoms with Gasteiger partial charge in [-0.2, -0.15) is 0 Å². The number of benzene rings is 1. The Labute approximate surface area is 92.8 Å². The van der Waals surface area contributed by atoms with Crippen LogP contribution in [0.5, 0.6) is 11.5 Å². The van der Waals surface area contributed by atoms with Gasteiger partial charge < -0.3 is 15.6 Å². The lowest BCUT2D eigenvalue weighted by atomic mass is 10.1. The number of methoxy groups -OCH3 is 1. The fourth-order valence-corrected chi connectivity index (χ4v) is 1.41. The first-order valence-electron chi connectivity index (χ1n) is 4.75. The minimum Gasteiger partial charge on any atom is -0.502 e. The zero-order valence-corrected chi connectivity index (χ0v) is 9.14.